The molecule has 0 aliphatic carbocycles. The van der Waals surface area contributed by atoms with E-state index in [1.807, 2.05) is 37.7 Å². The molecule has 5 nitrogen and oxygen atoms in total. The largest absolute Gasteiger partial charge is 0.294 e. The number of thiazole rings is 1. The predicted octanol–water partition coefficient (Wildman–Crippen LogP) is 3.43. The van der Waals surface area contributed by atoms with Crippen LogP contribution in [0, 0.1) is 13.8 Å². The van der Waals surface area contributed by atoms with Gasteiger partial charge in [-0.1, -0.05) is 0 Å². The van der Waals surface area contributed by atoms with Crippen molar-refractivity contribution in [2.75, 3.05) is 0 Å². The SMILES string of the molecule is CC(=O)c1sc(-c2ccncc2)nc1-c1c(C)nn(C)c1C. The van der Waals surface area contributed by atoms with Crippen LogP contribution in [0.4, 0.5) is 0 Å². The average molecular weight is 312 g/mol. The van der Waals surface area contributed by atoms with Crippen LogP contribution in [0.15, 0.2) is 24.5 Å². The first-order valence-corrected chi connectivity index (χ1v) is 7.73. The van der Waals surface area contributed by atoms with Gasteiger partial charge in [0.05, 0.1) is 16.3 Å². The quantitative estimate of drug-likeness (QED) is 0.695. The number of pyridine rings is 1. The lowest BCUT2D eigenvalue weighted by Crippen LogP contribution is -1.95. The van der Waals surface area contributed by atoms with Crippen molar-refractivity contribution in [3.63, 3.8) is 0 Å². The summed E-state index contributed by atoms with van der Waals surface area (Å²) in [4.78, 5) is 21.5. The molecule has 0 radical (unpaired) electrons. The summed E-state index contributed by atoms with van der Waals surface area (Å²) in [5, 5.41) is 5.25. The minimum atomic E-state index is 0.0236. The van der Waals surface area contributed by atoms with Gasteiger partial charge >= 0.3 is 0 Å². The number of aryl methyl sites for hydroxylation is 2. The molecule has 0 spiro atoms. The number of Topliss-reactive ketones (excluding diaryl/α,β-unsaturated/α-hetero) is 1. The number of carbonyl (C=O) groups excluding carboxylic acids is 1. The third kappa shape index (κ3) is 2.35. The van der Waals surface area contributed by atoms with Gasteiger partial charge in [-0.05, 0) is 26.0 Å². The van der Waals surface area contributed by atoms with Crippen LogP contribution in [0.5, 0.6) is 0 Å². The molecule has 0 bridgehead atoms. The number of ketones is 1. The molecule has 0 unspecified atom stereocenters. The topological polar surface area (TPSA) is 60.7 Å². The molecular formula is C16H16N4OS. The van der Waals surface area contributed by atoms with Gasteiger partial charge in [-0.15, -0.1) is 11.3 Å². The maximum Gasteiger partial charge on any atom is 0.172 e. The molecule has 0 aromatic carbocycles. The van der Waals surface area contributed by atoms with E-state index in [4.69, 9.17) is 4.98 Å². The van der Waals surface area contributed by atoms with Gasteiger partial charge in [0, 0.05) is 43.2 Å². The van der Waals surface area contributed by atoms with E-state index in [0.717, 1.165) is 33.2 Å². The molecule has 0 saturated carbocycles. The third-order valence-electron chi connectivity index (χ3n) is 3.62. The van der Waals surface area contributed by atoms with Gasteiger partial charge in [-0.3, -0.25) is 14.5 Å². The van der Waals surface area contributed by atoms with Crippen LogP contribution < -0.4 is 0 Å². The Labute approximate surface area is 132 Å². The van der Waals surface area contributed by atoms with E-state index < -0.39 is 0 Å². The van der Waals surface area contributed by atoms with Gasteiger partial charge in [0.25, 0.3) is 0 Å². The van der Waals surface area contributed by atoms with E-state index in [-0.39, 0.29) is 5.78 Å². The second-order valence-electron chi connectivity index (χ2n) is 5.16. The Kier molecular flexibility index (Phi) is 3.62. The molecule has 112 valence electrons. The van der Waals surface area contributed by atoms with Crippen LogP contribution in [0.2, 0.25) is 0 Å². The summed E-state index contributed by atoms with van der Waals surface area (Å²) in [6.07, 6.45) is 3.45. The lowest BCUT2D eigenvalue weighted by atomic mass is 10.1. The summed E-state index contributed by atoms with van der Waals surface area (Å²) < 4.78 is 1.82. The van der Waals surface area contributed by atoms with Gasteiger partial charge in [0.2, 0.25) is 0 Å². The Morgan fingerprint density at radius 2 is 1.91 bits per heavy atom. The fourth-order valence-corrected chi connectivity index (χ4v) is 3.43. The fraction of sp³-hybridized carbons (Fsp3) is 0.250. The second-order valence-corrected chi connectivity index (χ2v) is 6.16. The molecule has 3 rings (SSSR count). The molecular weight excluding hydrogens is 296 g/mol. The zero-order valence-electron chi connectivity index (χ0n) is 12.9. The van der Waals surface area contributed by atoms with Gasteiger partial charge in [-0.25, -0.2) is 4.98 Å². The van der Waals surface area contributed by atoms with Crippen molar-refractivity contribution in [2.45, 2.75) is 20.8 Å². The Morgan fingerprint density at radius 3 is 2.45 bits per heavy atom. The molecule has 0 fully saturated rings. The minimum Gasteiger partial charge on any atom is -0.294 e. The van der Waals surface area contributed by atoms with Crippen molar-refractivity contribution >= 4 is 17.1 Å². The summed E-state index contributed by atoms with van der Waals surface area (Å²) in [7, 11) is 1.90. The van der Waals surface area contributed by atoms with Crippen molar-refractivity contribution < 1.29 is 4.79 Å². The molecule has 3 heterocycles. The van der Waals surface area contributed by atoms with E-state index >= 15 is 0 Å². The van der Waals surface area contributed by atoms with E-state index in [0.29, 0.717) is 4.88 Å². The third-order valence-corrected chi connectivity index (χ3v) is 4.83. The zero-order chi connectivity index (χ0) is 15.9. The van der Waals surface area contributed by atoms with E-state index in [9.17, 15) is 4.79 Å². The van der Waals surface area contributed by atoms with E-state index in [1.54, 1.807) is 19.3 Å². The highest BCUT2D eigenvalue weighted by molar-refractivity contribution is 7.17. The summed E-state index contributed by atoms with van der Waals surface area (Å²) in [6.45, 7) is 5.51. The number of hydrogen-bond acceptors (Lipinski definition) is 5. The molecule has 0 atom stereocenters. The van der Waals surface area contributed by atoms with E-state index in [1.165, 1.54) is 11.3 Å². The molecule has 22 heavy (non-hydrogen) atoms. The summed E-state index contributed by atoms with van der Waals surface area (Å²) in [5.41, 5.74) is 4.53. The summed E-state index contributed by atoms with van der Waals surface area (Å²) in [5.74, 6) is 0.0236. The first-order chi connectivity index (χ1) is 10.5. The Hall–Kier alpha value is -2.34. The average Bonchev–Trinajstić information content (AvgIpc) is 3.02. The van der Waals surface area contributed by atoms with Gasteiger partial charge in [-0.2, -0.15) is 5.10 Å². The molecule has 0 aliphatic heterocycles. The lowest BCUT2D eigenvalue weighted by molar-refractivity contribution is 0.102. The Bertz CT molecular complexity index is 849. The molecule has 0 amide bonds. The Balaban J connectivity index is 2.23. The number of hydrogen-bond donors (Lipinski definition) is 0. The summed E-state index contributed by atoms with van der Waals surface area (Å²) in [6, 6.07) is 3.80. The lowest BCUT2D eigenvalue weighted by Gasteiger charge is -2.00. The first kappa shape index (κ1) is 14.6. The number of nitrogens with zero attached hydrogens (tertiary/aromatic N) is 4. The van der Waals surface area contributed by atoms with E-state index in [2.05, 4.69) is 10.1 Å². The summed E-state index contributed by atoms with van der Waals surface area (Å²) >= 11 is 1.42. The van der Waals surface area contributed by atoms with Crippen LogP contribution in [-0.2, 0) is 7.05 Å². The van der Waals surface area contributed by atoms with Crippen LogP contribution in [0.1, 0.15) is 28.0 Å². The van der Waals surface area contributed by atoms with Crippen molar-refractivity contribution in [1.29, 1.82) is 0 Å². The van der Waals surface area contributed by atoms with Crippen molar-refractivity contribution in [1.82, 2.24) is 19.7 Å². The maximum atomic E-state index is 12.0. The fourth-order valence-electron chi connectivity index (χ4n) is 2.46. The van der Waals surface area contributed by atoms with Crippen LogP contribution in [0.3, 0.4) is 0 Å². The normalized spacial score (nSPS) is 10.9. The molecule has 0 aliphatic rings. The Morgan fingerprint density at radius 1 is 1.23 bits per heavy atom. The van der Waals surface area contributed by atoms with Crippen molar-refractivity contribution in [2.24, 2.45) is 7.05 Å². The second kappa shape index (κ2) is 5.46. The molecule has 0 N–H and O–H groups in total. The number of carbonyl (C=O) groups is 1. The first-order valence-electron chi connectivity index (χ1n) is 6.91. The highest BCUT2D eigenvalue weighted by Gasteiger charge is 2.22. The smallest absolute Gasteiger partial charge is 0.172 e. The highest BCUT2D eigenvalue weighted by Crippen LogP contribution is 2.36. The molecule has 0 saturated heterocycles. The molecule has 3 aromatic heterocycles. The minimum absolute atomic E-state index is 0.0236. The molecule has 6 heteroatoms. The van der Waals surface area contributed by atoms with Crippen LogP contribution in [0.25, 0.3) is 21.8 Å². The number of aromatic nitrogens is 4. The number of rotatable bonds is 3. The van der Waals surface area contributed by atoms with Crippen LogP contribution in [-0.4, -0.2) is 25.5 Å². The predicted molar refractivity (Wildman–Crippen MR) is 87.0 cm³/mol. The van der Waals surface area contributed by atoms with Gasteiger partial charge < -0.3 is 0 Å². The van der Waals surface area contributed by atoms with Gasteiger partial charge in [0.1, 0.15) is 5.01 Å². The van der Waals surface area contributed by atoms with Crippen molar-refractivity contribution in [3.8, 4) is 21.8 Å². The standard InChI is InChI=1S/C16H16N4OS/c1-9-13(10(2)20(4)19-9)14-15(11(3)21)22-16(18-14)12-5-7-17-8-6-12/h5-8H,1-4H3. The highest BCUT2D eigenvalue weighted by atomic mass is 32.1. The maximum absolute atomic E-state index is 12.0. The van der Waals surface area contributed by atoms with Gasteiger partial charge in [0.15, 0.2) is 5.78 Å². The monoisotopic (exact) mass is 312 g/mol. The van der Waals surface area contributed by atoms with Crippen LogP contribution >= 0.6 is 11.3 Å². The molecule has 3 aromatic rings. The van der Waals surface area contributed by atoms with Crippen molar-refractivity contribution in [3.05, 3.63) is 40.8 Å². The zero-order valence-corrected chi connectivity index (χ0v) is 13.7.